The summed E-state index contributed by atoms with van der Waals surface area (Å²) in [6.07, 6.45) is 0.0433. The second-order valence-corrected chi connectivity index (χ2v) is 3.33. The molecule has 68 valence electrons. The highest BCUT2D eigenvalue weighted by molar-refractivity contribution is 9.10. The molecule has 4 heteroatoms. The number of nitrogens with zero attached hydrogens (tertiary/aromatic N) is 1. The highest BCUT2D eigenvalue weighted by atomic mass is 79.9. The topological polar surface area (TPSA) is 33.0 Å². The molecule has 1 rings (SSSR count). The third-order valence-corrected chi connectivity index (χ3v) is 2.03. The normalized spacial score (nSPS) is 9.38. The summed E-state index contributed by atoms with van der Waals surface area (Å²) in [5.74, 6) is -0.313. The summed E-state index contributed by atoms with van der Waals surface area (Å²) < 4.78 is 18.8. The molecule has 0 N–H and O–H groups in total. The SMILES string of the molecule is COc1cc(Br)cc(CC#N)c1F. The van der Waals surface area contributed by atoms with Crippen LogP contribution in [0.1, 0.15) is 5.56 Å². The van der Waals surface area contributed by atoms with Crippen LogP contribution < -0.4 is 4.74 Å². The van der Waals surface area contributed by atoms with Crippen molar-refractivity contribution < 1.29 is 9.13 Å². The van der Waals surface area contributed by atoms with E-state index in [-0.39, 0.29) is 12.2 Å². The van der Waals surface area contributed by atoms with Crippen molar-refractivity contribution in [2.45, 2.75) is 6.42 Å². The number of benzene rings is 1. The fourth-order valence-electron chi connectivity index (χ4n) is 0.981. The quantitative estimate of drug-likeness (QED) is 0.801. The first-order valence-electron chi connectivity index (χ1n) is 3.58. The van der Waals surface area contributed by atoms with Gasteiger partial charge >= 0.3 is 0 Å². The Kier molecular flexibility index (Phi) is 3.26. The lowest BCUT2D eigenvalue weighted by Gasteiger charge is -2.05. The zero-order chi connectivity index (χ0) is 9.84. The predicted octanol–water partition coefficient (Wildman–Crippen LogP) is 2.66. The molecule has 0 saturated heterocycles. The number of nitriles is 1. The van der Waals surface area contributed by atoms with Gasteiger partial charge in [0, 0.05) is 10.0 Å². The molecule has 0 spiro atoms. The molecule has 13 heavy (non-hydrogen) atoms. The van der Waals surface area contributed by atoms with Crippen molar-refractivity contribution in [3.05, 3.63) is 28.0 Å². The Labute approximate surface area is 84.1 Å². The molecule has 0 aliphatic rings. The summed E-state index contributed by atoms with van der Waals surface area (Å²) in [5.41, 5.74) is 0.341. The molecule has 0 aliphatic heterocycles. The smallest absolute Gasteiger partial charge is 0.169 e. The summed E-state index contributed by atoms with van der Waals surface area (Å²) in [6.45, 7) is 0. The zero-order valence-corrected chi connectivity index (χ0v) is 8.56. The maximum Gasteiger partial charge on any atom is 0.169 e. The minimum Gasteiger partial charge on any atom is -0.494 e. The molecule has 0 fully saturated rings. The van der Waals surface area contributed by atoms with Gasteiger partial charge in [-0.15, -0.1) is 0 Å². The highest BCUT2D eigenvalue weighted by Crippen LogP contribution is 2.26. The lowest BCUT2D eigenvalue weighted by atomic mass is 10.1. The van der Waals surface area contributed by atoms with E-state index in [1.54, 1.807) is 6.07 Å². The van der Waals surface area contributed by atoms with Crippen LogP contribution in [-0.2, 0) is 6.42 Å². The van der Waals surface area contributed by atoms with E-state index in [1.165, 1.54) is 13.2 Å². The van der Waals surface area contributed by atoms with Gasteiger partial charge in [0.25, 0.3) is 0 Å². The second-order valence-electron chi connectivity index (χ2n) is 2.42. The van der Waals surface area contributed by atoms with Crippen molar-refractivity contribution in [1.82, 2.24) is 0 Å². The van der Waals surface area contributed by atoms with Crippen molar-refractivity contribution in [3.8, 4) is 11.8 Å². The van der Waals surface area contributed by atoms with Gasteiger partial charge in [0.15, 0.2) is 11.6 Å². The Balaban J connectivity index is 3.20. The van der Waals surface area contributed by atoms with Gasteiger partial charge in [-0.3, -0.25) is 0 Å². The number of methoxy groups -OCH3 is 1. The Bertz CT molecular complexity index is 359. The summed E-state index contributed by atoms with van der Waals surface area (Å²) in [6, 6.07) is 4.98. The predicted molar refractivity (Wildman–Crippen MR) is 50.0 cm³/mol. The maximum absolute atomic E-state index is 13.3. The van der Waals surface area contributed by atoms with E-state index >= 15 is 0 Å². The molecule has 0 aliphatic carbocycles. The van der Waals surface area contributed by atoms with Crippen LogP contribution in [0.3, 0.4) is 0 Å². The fourth-order valence-corrected chi connectivity index (χ4v) is 1.46. The van der Waals surface area contributed by atoms with Crippen LogP contribution in [0.15, 0.2) is 16.6 Å². The standard InChI is InChI=1S/C9H7BrFNO/c1-13-8-5-7(10)4-6(2-3-12)9(8)11/h4-5H,2H2,1H3. The van der Waals surface area contributed by atoms with Gasteiger partial charge < -0.3 is 4.74 Å². The van der Waals surface area contributed by atoms with Gasteiger partial charge in [-0.05, 0) is 12.1 Å². The molecule has 0 heterocycles. The number of ether oxygens (including phenoxy) is 1. The molecule has 1 aromatic rings. The van der Waals surface area contributed by atoms with Gasteiger partial charge in [0.1, 0.15) is 0 Å². The van der Waals surface area contributed by atoms with Gasteiger partial charge in [-0.1, -0.05) is 15.9 Å². The van der Waals surface area contributed by atoms with E-state index in [0.717, 1.165) is 0 Å². The first-order chi connectivity index (χ1) is 6.19. The van der Waals surface area contributed by atoms with Gasteiger partial charge in [0.05, 0.1) is 19.6 Å². The number of rotatable bonds is 2. The van der Waals surface area contributed by atoms with Crippen LogP contribution in [0.5, 0.6) is 5.75 Å². The molecular weight excluding hydrogens is 237 g/mol. The van der Waals surface area contributed by atoms with Crippen molar-refractivity contribution in [2.75, 3.05) is 7.11 Å². The monoisotopic (exact) mass is 243 g/mol. The van der Waals surface area contributed by atoms with Crippen molar-refractivity contribution in [3.63, 3.8) is 0 Å². The lowest BCUT2D eigenvalue weighted by Crippen LogP contribution is -1.94. The Morgan fingerprint density at radius 1 is 1.62 bits per heavy atom. The molecule has 1 aromatic carbocycles. The van der Waals surface area contributed by atoms with Crippen molar-refractivity contribution >= 4 is 15.9 Å². The third kappa shape index (κ3) is 2.19. The zero-order valence-electron chi connectivity index (χ0n) is 6.97. The van der Waals surface area contributed by atoms with Crippen LogP contribution in [0.25, 0.3) is 0 Å². The van der Waals surface area contributed by atoms with E-state index in [9.17, 15) is 4.39 Å². The molecule has 0 unspecified atom stereocenters. The molecular formula is C9H7BrFNO. The molecule has 0 radical (unpaired) electrons. The largest absolute Gasteiger partial charge is 0.494 e. The van der Waals surface area contributed by atoms with Crippen LogP contribution in [0.4, 0.5) is 4.39 Å². The lowest BCUT2D eigenvalue weighted by molar-refractivity contribution is 0.384. The minimum absolute atomic E-state index is 0.0433. The molecule has 0 aromatic heterocycles. The fraction of sp³-hybridized carbons (Fsp3) is 0.222. The average Bonchev–Trinajstić information content (AvgIpc) is 2.11. The van der Waals surface area contributed by atoms with Gasteiger partial charge in [-0.25, -0.2) is 4.39 Å². The molecule has 0 saturated carbocycles. The third-order valence-electron chi connectivity index (χ3n) is 1.57. The average molecular weight is 244 g/mol. The van der Waals surface area contributed by atoms with Crippen LogP contribution >= 0.6 is 15.9 Å². The number of hydrogen-bond acceptors (Lipinski definition) is 2. The summed E-state index contributed by atoms with van der Waals surface area (Å²) in [5, 5.41) is 8.43. The van der Waals surface area contributed by atoms with E-state index in [4.69, 9.17) is 10.00 Å². The summed E-state index contributed by atoms with van der Waals surface area (Å²) >= 11 is 3.20. The maximum atomic E-state index is 13.3. The van der Waals surface area contributed by atoms with Crippen LogP contribution in [-0.4, -0.2) is 7.11 Å². The highest BCUT2D eigenvalue weighted by Gasteiger charge is 2.09. The van der Waals surface area contributed by atoms with E-state index in [0.29, 0.717) is 10.0 Å². The van der Waals surface area contributed by atoms with Crippen LogP contribution in [0, 0.1) is 17.1 Å². The number of halogens is 2. The van der Waals surface area contributed by atoms with Gasteiger partial charge in [0.2, 0.25) is 0 Å². The number of hydrogen-bond donors (Lipinski definition) is 0. The summed E-state index contributed by atoms with van der Waals surface area (Å²) in [4.78, 5) is 0. The second kappa shape index (κ2) is 4.24. The molecule has 0 amide bonds. The van der Waals surface area contributed by atoms with E-state index in [2.05, 4.69) is 15.9 Å². The molecule has 0 bridgehead atoms. The van der Waals surface area contributed by atoms with Crippen molar-refractivity contribution in [2.24, 2.45) is 0 Å². The molecule has 0 atom stereocenters. The van der Waals surface area contributed by atoms with E-state index < -0.39 is 5.82 Å². The Morgan fingerprint density at radius 2 is 2.31 bits per heavy atom. The molecule has 2 nitrogen and oxygen atoms in total. The first kappa shape index (κ1) is 10.0. The Morgan fingerprint density at radius 3 is 2.85 bits per heavy atom. The summed E-state index contributed by atoms with van der Waals surface area (Å²) in [7, 11) is 1.39. The van der Waals surface area contributed by atoms with E-state index in [1.807, 2.05) is 6.07 Å². The minimum atomic E-state index is -0.466. The first-order valence-corrected chi connectivity index (χ1v) is 4.37. The van der Waals surface area contributed by atoms with Gasteiger partial charge in [-0.2, -0.15) is 5.26 Å². The van der Waals surface area contributed by atoms with Crippen LogP contribution in [0.2, 0.25) is 0 Å². The van der Waals surface area contributed by atoms with Crippen molar-refractivity contribution in [1.29, 1.82) is 5.26 Å². The Hall–Kier alpha value is -1.08.